The molecule has 0 unspecified atom stereocenters. The molecule has 0 radical (unpaired) electrons. The number of carbonyl (C=O) groups excluding carboxylic acids is 1. The van der Waals surface area contributed by atoms with Gasteiger partial charge in [0.2, 0.25) is 0 Å². The van der Waals surface area contributed by atoms with Crippen molar-refractivity contribution in [3.63, 3.8) is 0 Å². The Bertz CT molecular complexity index is 649. The number of hydrogen-bond acceptors (Lipinski definition) is 3. The highest BCUT2D eigenvalue weighted by molar-refractivity contribution is 9.10. The maximum atomic E-state index is 12.1. The van der Waals surface area contributed by atoms with Gasteiger partial charge in [-0.3, -0.25) is 4.79 Å². The summed E-state index contributed by atoms with van der Waals surface area (Å²) in [7, 11) is 0. The second-order valence-corrected chi connectivity index (χ2v) is 5.41. The van der Waals surface area contributed by atoms with Gasteiger partial charge in [-0.1, -0.05) is 29.3 Å². The highest BCUT2D eigenvalue weighted by Crippen LogP contribution is 2.25. The standard InChI is InChI=1S/C12H8BrCl2N3O/c1-6-2-3-9(8(13)4-6)16-12(19)7-5-10(14)17-18-11(7)15/h2-5H,1H3,(H,16,19). The first-order valence-corrected chi connectivity index (χ1v) is 6.78. The smallest absolute Gasteiger partial charge is 0.259 e. The number of carbonyl (C=O) groups is 1. The molecule has 0 aliphatic rings. The number of nitrogens with zero attached hydrogens (tertiary/aromatic N) is 2. The molecule has 0 aliphatic heterocycles. The first-order valence-electron chi connectivity index (χ1n) is 5.23. The lowest BCUT2D eigenvalue weighted by Gasteiger charge is -2.08. The number of aryl methyl sites for hydroxylation is 1. The molecule has 0 spiro atoms. The van der Waals surface area contributed by atoms with E-state index in [1.807, 2.05) is 19.1 Å². The van der Waals surface area contributed by atoms with Crippen LogP contribution in [0.4, 0.5) is 5.69 Å². The van der Waals surface area contributed by atoms with Crippen molar-refractivity contribution in [2.24, 2.45) is 0 Å². The van der Waals surface area contributed by atoms with Crippen molar-refractivity contribution in [3.8, 4) is 0 Å². The zero-order valence-electron chi connectivity index (χ0n) is 9.75. The molecule has 7 heteroatoms. The Morgan fingerprint density at radius 2 is 2.00 bits per heavy atom. The second kappa shape index (κ2) is 5.86. The van der Waals surface area contributed by atoms with Gasteiger partial charge in [-0.25, -0.2) is 0 Å². The first-order chi connectivity index (χ1) is 8.97. The summed E-state index contributed by atoms with van der Waals surface area (Å²) in [6.07, 6.45) is 0. The number of hydrogen-bond donors (Lipinski definition) is 1. The van der Waals surface area contributed by atoms with Gasteiger partial charge in [0, 0.05) is 4.47 Å². The van der Waals surface area contributed by atoms with E-state index in [1.54, 1.807) is 6.07 Å². The van der Waals surface area contributed by atoms with E-state index < -0.39 is 5.91 Å². The maximum Gasteiger partial charge on any atom is 0.259 e. The Morgan fingerprint density at radius 3 is 2.68 bits per heavy atom. The van der Waals surface area contributed by atoms with E-state index in [2.05, 4.69) is 31.4 Å². The molecule has 0 saturated heterocycles. The maximum absolute atomic E-state index is 12.1. The van der Waals surface area contributed by atoms with E-state index >= 15 is 0 Å². The minimum Gasteiger partial charge on any atom is -0.321 e. The number of halogens is 3. The fraction of sp³-hybridized carbons (Fsp3) is 0.0833. The summed E-state index contributed by atoms with van der Waals surface area (Å²) in [4.78, 5) is 12.1. The average Bonchev–Trinajstić information content (AvgIpc) is 2.35. The van der Waals surface area contributed by atoms with E-state index in [-0.39, 0.29) is 15.9 Å². The van der Waals surface area contributed by atoms with Gasteiger partial charge in [0.15, 0.2) is 10.3 Å². The van der Waals surface area contributed by atoms with Crippen LogP contribution in [0.2, 0.25) is 10.3 Å². The molecule has 0 atom stereocenters. The minimum absolute atomic E-state index is 0.00475. The Labute approximate surface area is 128 Å². The summed E-state index contributed by atoms with van der Waals surface area (Å²) < 4.78 is 0.782. The van der Waals surface area contributed by atoms with Crippen LogP contribution in [-0.2, 0) is 0 Å². The van der Waals surface area contributed by atoms with E-state index in [4.69, 9.17) is 23.2 Å². The Morgan fingerprint density at radius 1 is 1.26 bits per heavy atom. The van der Waals surface area contributed by atoms with Gasteiger partial charge in [0.05, 0.1) is 11.3 Å². The molecular formula is C12H8BrCl2N3O. The lowest BCUT2D eigenvalue weighted by molar-refractivity contribution is 0.102. The lowest BCUT2D eigenvalue weighted by Crippen LogP contribution is -2.14. The third-order valence-electron chi connectivity index (χ3n) is 2.34. The minimum atomic E-state index is -0.397. The number of anilines is 1. The summed E-state index contributed by atoms with van der Waals surface area (Å²) in [5.41, 5.74) is 1.89. The summed E-state index contributed by atoms with van der Waals surface area (Å²) in [5, 5.41) is 9.98. The van der Waals surface area contributed by atoms with E-state index in [1.165, 1.54) is 6.07 Å². The number of rotatable bonds is 2. The van der Waals surface area contributed by atoms with Crippen LogP contribution >= 0.6 is 39.1 Å². The molecule has 19 heavy (non-hydrogen) atoms. The predicted molar refractivity (Wildman–Crippen MR) is 78.9 cm³/mol. The number of amides is 1. The quantitative estimate of drug-likeness (QED) is 0.876. The molecular weight excluding hydrogens is 353 g/mol. The van der Waals surface area contributed by atoms with Crippen LogP contribution in [0.15, 0.2) is 28.7 Å². The summed E-state index contributed by atoms with van der Waals surface area (Å²) in [6.45, 7) is 1.96. The van der Waals surface area contributed by atoms with Crippen molar-refractivity contribution in [1.82, 2.24) is 10.2 Å². The molecule has 0 saturated carbocycles. The summed E-state index contributed by atoms with van der Waals surface area (Å²) >= 11 is 14.9. The van der Waals surface area contributed by atoms with Gasteiger partial charge in [0.25, 0.3) is 5.91 Å². The van der Waals surface area contributed by atoms with E-state index in [0.717, 1.165) is 10.0 Å². The molecule has 1 amide bonds. The van der Waals surface area contributed by atoms with Crippen molar-refractivity contribution in [3.05, 3.63) is 50.2 Å². The van der Waals surface area contributed by atoms with E-state index in [0.29, 0.717) is 5.69 Å². The molecule has 1 aromatic heterocycles. The zero-order valence-corrected chi connectivity index (χ0v) is 12.8. The molecule has 4 nitrogen and oxygen atoms in total. The van der Waals surface area contributed by atoms with Crippen molar-refractivity contribution in [2.75, 3.05) is 5.32 Å². The van der Waals surface area contributed by atoms with Gasteiger partial charge in [-0.05, 0) is 46.6 Å². The Hall–Kier alpha value is -1.17. The molecule has 0 fully saturated rings. The van der Waals surface area contributed by atoms with Crippen LogP contribution in [0.3, 0.4) is 0 Å². The van der Waals surface area contributed by atoms with Gasteiger partial charge >= 0.3 is 0 Å². The molecule has 2 aromatic rings. The Balaban J connectivity index is 2.28. The SMILES string of the molecule is Cc1ccc(NC(=O)c2cc(Cl)nnc2Cl)c(Br)c1. The number of aromatic nitrogens is 2. The summed E-state index contributed by atoms with van der Waals surface area (Å²) in [5.74, 6) is -0.397. The highest BCUT2D eigenvalue weighted by atomic mass is 79.9. The molecule has 1 heterocycles. The van der Waals surface area contributed by atoms with Crippen LogP contribution in [0.1, 0.15) is 15.9 Å². The second-order valence-electron chi connectivity index (χ2n) is 3.81. The molecule has 2 rings (SSSR count). The van der Waals surface area contributed by atoms with Crippen LogP contribution in [-0.4, -0.2) is 16.1 Å². The topological polar surface area (TPSA) is 54.9 Å². The monoisotopic (exact) mass is 359 g/mol. The lowest BCUT2D eigenvalue weighted by atomic mass is 10.2. The number of nitrogens with one attached hydrogen (secondary N) is 1. The van der Waals surface area contributed by atoms with Crippen molar-refractivity contribution < 1.29 is 4.79 Å². The average molecular weight is 361 g/mol. The summed E-state index contributed by atoms with van der Waals surface area (Å²) in [6, 6.07) is 6.95. The van der Waals surface area contributed by atoms with Gasteiger partial charge < -0.3 is 5.32 Å². The van der Waals surface area contributed by atoms with Crippen molar-refractivity contribution in [1.29, 1.82) is 0 Å². The number of benzene rings is 1. The first kappa shape index (κ1) is 14.2. The third-order valence-corrected chi connectivity index (χ3v) is 3.46. The molecule has 0 aliphatic carbocycles. The molecule has 1 N–H and O–H groups in total. The van der Waals surface area contributed by atoms with Crippen molar-refractivity contribution in [2.45, 2.75) is 6.92 Å². The third kappa shape index (κ3) is 3.43. The zero-order chi connectivity index (χ0) is 14.0. The van der Waals surface area contributed by atoms with Gasteiger partial charge in [-0.15, -0.1) is 10.2 Å². The van der Waals surface area contributed by atoms with Crippen LogP contribution in [0.5, 0.6) is 0 Å². The molecule has 0 bridgehead atoms. The van der Waals surface area contributed by atoms with E-state index in [9.17, 15) is 4.79 Å². The van der Waals surface area contributed by atoms with Gasteiger partial charge in [-0.2, -0.15) is 0 Å². The fourth-order valence-electron chi connectivity index (χ4n) is 1.42. The van der Waals surface area contributed by atoms with Crippen LogP contribution in [0.25, 0.3) is 0 Å². The normalized spacial score (nSPS) is 10.3. The fourth-order valence-corrected chi connectivity index (χ4v) is 2.34. The van der Waals surface area contributed by atoms with Crippen LogP contribution in [0, 0.1) is 6.92 Å². The highest BCUT2D eigenvalue weighted by Gasteiger charge is 2.14. The largest absolute Gasteiger partial charge is 0.321 e. The van der Waals surface area contributed by atoms with Crippen LogP contribution < -0.4 is 5.32 Å². The van der Waals surface area contributed by atoms with Gasteiger partial charge in [0.1, 0.15) is 0 Å². The predicted octanol–water partition coefficient (Wildman–Crippen LogP) is 4.11. The van der Waals surface area contributed by atoms with Crippen molar-refractivity contribution >= 4 is 50.7 Å². The molecule has 98 valence electrons. The molecule has 1 aromatic carbocycles. The Kier molecular flexibility index (Phi) is 4.39.